The predicted octanol–water partition coefficient (Wildman–Crippen LogP) is 3.50. The Kier molecular flexibility index (Phi) is 5.96. The summed E-state index contributed by atoms with van der Waals surface area (Å²) in [6.07, 6.45) is 0.744. The van der Waals surface area contributed by atoms with Crippen LogP contribution in [0.25, 0.3) is 0 Å². The minimum absolute atomic E-state index is 0.0507. The summed E-state index contributed by atoms with van der Waals surface area (Å²) in [6.45, 7) is 0.570. The van der Waals surface area contributed by atoms with Gasteiger partial charge >= 0.3 is 0 Å². The number of benzene rings is 2. The molecule has 0 fully saturated rings. The highest BCUT2D eigenvalue weighted by Crippen LogP contribution is 2.27. The van der Waals surface area contributed by atoms with Crippen LogP contribution in [0, 0.1) is 0 Å². The fraction of sp³-hybridized carbons (Fsp3) is 0.188. The summed E-state index contributed by atoms with van der Waals surface area (Å²) in [5.74, 6) is 0.437. The molecule has 2 aromatic carbocycles. The lowest BCUT2D eigenvalue weighted by Crippen LogP contribution is -2.27. The summed E-state index contributed by atoms with van der Waals surface area (Å²) in [5, 5.41) is 13.2. The molecule has 5 heteroatoms. The van der Waals surface area contributed by atoms with Crippen molar-refractivity contribution in [3.05, 3.63) is 59.1 Å². The van der Waals surface area contributed by atoms with Crippen molar-refractivity contribution in [2.75, 3.05) is 12.3 Å². The second-order valence-electron chi connectivity index (χ2n) is 4.49. The van der Waals surface area contributed by atoms with E-state index in [0.29, 0.717) is 16.5 Å². The van der Waals surface area contributed by atoms with E-state index in [2.05, 4.69) is 5.32 Å². The van der Waals surface area contributed by atoms with E-state index in [4.69, 9.17) is 11.6 Å². The summed E-state index contributed by atoms with van der Waals surface area (Å²) < 4.78 is 0. The Hall–Kier alpha value is -1.65. The molecule has 0 aliphatic rings. The number of amides is 1. The van der Waals surface area contributed by atoms with Crippen molar-refractivity contribution in [2.45, 2.75) is 11.3 Å². The quantitative estimate of drug-likeness (QED) is 0.801. The molecule has 2 aromatic rings. The van der Waals surface area contributed by atoms with E-state index in [1.165, 1.54) is 11.8 Å². The standard InChI is InChI=1S/C16H16ClNO2S/c17-13-5-3-4-12(10-13)8-9-18-16(20)11-21-15-7-2-1-6-14(15)19/h1-7,10,19H,8-9,11H2,(H,18,20). The van der Waals surface area contributed by atoms with E-state index >= 15 is 0 Å². The Morgan fingerprint density at radius 2 is 2.00 bits per heavy atom. The summed E-state index contributed by atoms with van der Waals surface area (Å²) in [6, 6.07) is 14.6. The number of nitrogens with one attached hydrogen (secondary N) is 1. The third kappa shape index (κ3) is 5.33. The van der Waals surface area contributed by atoms with Gasteiger partial charge in [-0.15, -0.1) is 11.8 Å². The molecule has 0 aliphatic carbocycles. The minimum Gasteiger partial charge on any atom is -0.507 e. The van der Waals surface area contributed by atoms with Gasteiger partial charge in [-0.1, -0.05) is 35.9 Å². The molecule has 0 unspecified atom stereocenters. The highest BCUT2D eigenvalue weighted by Gasteiger charge is 2.05. The SMILES string of the molecule is O=C(CSc1ccccc1O)NCCc1cccc(Cl)c1. The van der Waals surface area contributed by atoms with Crippen molar-refractivity contribution >= 4 is 29.3 Å². The number of carbonyl (C=O) groups excluding carboxylic acids is 1. The van der Waals surface area contributed by atoms with Gasteiger partial charge in [-0.05, 0) is 36.2 Å². The maximum Gasteiger partial charge on any atom is 0.230 e. The van der Waals surface area contributed by atoms with E-state index in [-0.39, 0.29) is 17.4 Å². The molecule has 0 radical (unpaired) electrons. The summed E-state index contributed by atoms with van der Waals surface area (Å²) in [4.78, 5) is 12.5. The molecule has 2 rings (SSSR count). The normalized spacial score (nSPS) is 10.3. The van der Waals surface area contributed by atoms with Crippen molar-refractivity contribution in [1.29, 1.82) is 0 Å². The van der Waals surface area contributed by atoms with Crippen LogP contribution in [0.3, 0.4) is 0 Å². The third-order valence-electron chi connectivity index (χ3n) is 2.85. The van der Waals surface area contributed by atoms with E-state index < -0.39 is 0 Å². The van der Waals surface area contributed by atoms with Gasteiger partial charge in [-0.2, -0.15) is 0 Å². The number of carbonyl (C=O) groups is 1. The third-order valence-corrected chi connectivity index (χ3v) is 4.15. The number of aromatic hydroxyl groups is 1. The Bertz CT molecular complexity index is 619. The monoisotopic (exact) mass is 321 g/mol. The van der Waals surface area contributed by atoms with E-state index in [1.54, 1.807) is 18.2 Å². The van der Waals surface area contributed by atoms with Gasteiger partial charge in [0, 0.05) is 16.5 Å². The fourth-order valence-corrected chi connectivity index (χ4v) is 2.80. The molecule has 2 N–H and O–H groups in total. The Morgan fingerprint density at radius 3 is 2.76 bits per heavy atom. The fourth-order valence-electron chi connectivity index (χ4n) is 1.81. The molecule has 0 heterocycles. The zero-order valence-corrected chi connectivity index (χ0v) is 13.0. The number of phenolic OH excluding ortho intramolecular Hbond substituents is 1. The van der Waals surface area contributed by atoms with Crippen molar-refractivity contribution in [3.8, 4) is 5.75 Å². The molecular weight excluding hydrogens is 306 g/mol. The molecule has 0 aliphatic heterocycles. The van der Waals surface area contributed by atoms with Crippen LogP contribution in [0.5, 0.6) is 5.75 Å². The predicted molar refractivity (Wildman–Crippen MR) is 87.0 cm³/mol. The molecule has 0 saturated heterocycles. The lowest BCUT2D eigenvalue weighted by Gasteiger charge is -2.06. The Morgan fingerprint density at radius 1 is 1.19 bits per heavy atom. The number of halogens is 1. The number of thioether (sulfide) groups is 1. The average Bonchev–Trinajstić information content (AvgIpc) is 2.46. The van der Waals surface area contributed by atoms with Gasteiger partial charge in [-0.25, -0.2) is 0 Å². The molecule has 0 saturated carbocycles. The van der Waals surface area contributed by atoms with Crippen LogP contribution in [0.15, 0.2) is 53.4 Å². The Balaban J connectivity index is 1.72. The number of phenols is 1. The van der Waals surface area contributed by atoms with Crippen LogP contribution in [-0.2, 0) is 11.2 Å². The first-order valence-electron chi connectivity index (χ1n) is 6.57. The maximum atomic E-state index is 11.7. The first kappa shape index (κ1) is 15.7. The lowest BCUT2D eigenvalue weighted by atomic mass is 10.1. The number of hydrogen-bond acceptors (Lipinski definition) is 3. The van der Waals surface area contributed by atoms with Crippen LogP contribution in [0.2, 0.25) is 5.02 Å². The zero-order chi connectivity index (χ0) is 15.1. The van der Waals surface area contributed by atoms with E-state index in [9.17, 15) is 9.90 Å². The highest BCUT2D eigenvalue weighted by atomic mass is 35.5. The van der Waals surface area contributed by atoms with Gasteiger partial charge < -0.3 is 10.4 Å². The van der Waals surface area contributed by atoms with Crippen LogP contribution in [0.1, 0.15) is 5.56 Å². The highest BCUT2D eigenvalue weighted by molar-refractivity contribution is 8.00. The summed E-state index contributed by atoms with van der Waals surface area (Å²) in [5.41, 5.74) is 1.09. The minimum atomic E-state index is -0.0507. The van der Waals surface area contributed by atoms with Gasteiger partial charge in [0.2, 0.25) is 5.91 Å². The summed E-state index contributed by atoms with van der Waals surface area (Å²) >= 11 is 7.23. The van der Waals surface area contributed by atoms with Gasteiger partial charge in [-0.3, -0.25) is 4.79 Å². The van der Waals surface area contributed by atoms with Crippen molar-refractivity contribution < 1.29 is 9.90 Å². The molecule has 0 bridgehead atoms. The topological polar surface area (TPSA) is 49.3 Å². The molecule has 3 nitrogen and oxygen atoms in total. The van der Waals surface area contributed by atoms with Crippen LogP contribution < -0.4 is 5.32 Å². The van der Waals surface area contributed by atoms with Gasteiger partial charge in [0.1, 0.15) is 5.75 Å². The lowest BCUT2D eigenvalue weighted by molar-refractivity contribution is -0.118. The molecular formula is C16H16ClNO2S. The smallest absolute Gasteiger partial charge is 0.230 e. The summed E-state index contributed by atoms with van der Waals surface area (Å²) in [7, 11) is 0. The average molecular weight is 322 g/mol. The molecule has 0 atom stereocenters. The number of hydrogen-bond donors (Lipinski definition) is 2. The zero-order valence-electron chi connectivity index (χ0n) is 11.4. The number of rotatable bonds is 6. The molecule has 21 heavy (non-hydrogen) atoms. The van der Waals surface area contributed by atoms with Crippen LogP contribution in [-0.4, -0.2) is 23.3 Å². The van der Waals surface area contributed by atoms with Gasteiger partial charge in [0.15, 0.2) is 0 Å². The maximum absolute atomic E-state index is 11.7. The van der Waals surface area contributed by atoms with Gasteiger partial charge in [0.25, 0.3) is 0 Å². The second-order valence-corrected chi connectivity index (χ2v) is 5.94. The molecule has 0 spiro atoms. The van der Waals surface area contributed by atoms with Crippen LogP contribution >= 0.6 is 23.4 Å². The van der Waals surface area contributed by atoms with Crippen molar-refractivity contribution in [3.63, 3.8) is 0 Å². The van der Waals surface area contributed by atoms with Crippen molar-refractivity contribution in [2.24, 2.45) is 0 Å². The number of para-hydroxylation sites is 1. The van der Waals surface area contributed by atoms with E-state index in [1.807, 2.05) is 30.3 Å². The van der Waals surface area contributed by atoms with Crippen LogP contribution in [0.4, 0.5) is 0 Å². The molecule has 1 amide bonds. The van der Waals surface area contributed by atoms with Crippen molar-refractivity contribution in [1.82, 2.24) is 5.32 Å². The van der Waals surface area contributed by atoms with Gasteiger partial charge in [0.05, 0.1) is 5.75 Å². The Labute approximate surface area is 133 Å². The first-order chi connectivity index (χ1) is 10.1. The first-order valence-corrected chi connectivity index (χ1v) is 7.93. The van der Waals surface area contributed by atoms with E-state index in [0.717, 1.165) is 12.0 Å². The largest absolute Gasteiger partial charge is 0.507 e. The molecule has 110 valence electrons. The second kappa shape index (κ2) is 7.96. The molecule has 0 aromatic heterocycles.